The second-order valence-corrected chi connectivity index (χ2v) is 11.4. The van der Waals surface area contributed by atoms with Crippen molar-refractivity contribution in [2.75, 3.05) is 13.1 Å². The zero-order valence-electron chi connectivity index (χ0n) is 23.3. The van der Waals surface area contributed by atoms with Crippen LogP contribution in [0.5, 0.6) is 0 Å². The van der Waals surface area contributed by atoms with Crippen LogP contribution in [-0.4, -0.2) is 69.5 Å². The Morgan fingerprint density at radius 3 is 2.05 bits per heavy atom. The van der Waals surface area contributed by atoms with Gasteiger partial charge in [0.25, 0.3) is 11.8 Å². The van der Waals surface area contributed by atoms with E-state index in [4.69, 9.17) is 0 Å². The highest BCUT2D eigenvalue weighted by Gasteiger charge is 2.40. The maximum absolute atomic E-state index is 13.8. The molecule has 0 spiro atoms. The van der Waals surface area contributed by atoms with E-state index in [1.807, 2.05) is 17.0 Å². The summed E-state index contributed by atoms with van der Waals surface area (Å²) in [6, 6.07) is 25.8. The monoisotopic (exact) mass is 550 g/mol. The van der Waals surface area contributed by atoms with Crippen LogP contribution in [0.1, 0.15) is 70.1 Å². The molecular weight excluding hydrogens is 516 g/mol. The summed E-state index contributed by atoms with van der Waals surface area (Å²) in [4.78, 5) is 56.8. The van der Waals surface area contributed by atoms with Gasteiger partial charge >= 0.3 is 0 Å². The van der Waals surface area contributed by atoms with Crippen molar-refractivity contribution in [3.05, 3.63) is 107 Å². The Labute approximate surface area is 239 Å². The number of piperazine rings is 1. The number of fused-ring (bicyclic) bond motifs is 1. The second kappa shape index (κ2) is 10.9. The lowest BCUT2D eigenvalue weighted by Crippen LogP contribution is -2.59. The van der Waals surface area contributed by atoms with Crippen LogP contribution in [0.3, 0.4) is 0 Å². The van der Waals surface area contributed by atoms with Crippen molar-refractivity contribution in [2.45, 2.75) is 57.4 Å². The third-order valence-electron chi connectivity index (χ3n) is 8.57. The van der Waals surface area contributed by atoms with Gasteiger partial charge in [-0.2, -0.15) is 0 Å². The quantitative estimate of drug-likeness (QED) is 0.489. The minimum Gasteiger partial charge on any atom is -0.336 e. The van der Waals surface area contributed by atoms with E-state index in [1.165, 1.54) is 16.0 Å². The number of carbonyl (C=O) groups excluding carboxylic acids is 4. The normalized spacial score (nSPS) is 23.1. The molecule has 2 fully saturated rings. The molecule has 0 aromatic heterocycles. The van der Waals surface area contributed by atoms with Crippen molar-refractivity contribution in [3.8, 4) is 0 Å². The van der Waals surface area contributed by atoms with Gasteiger partial charge in [0.05, 0.1) is 6.04 Å². The van der Waals surface area contributed by atoms with Crippen molar-refractivity contribution >= 4 is 23.6 Å². The van der Waals surface area contributed by atoms with Gasteiger partial charge < -0.3 is 9.80 Å². The van der Waals surface area contributed by atoms with Crippen LogP contribution in [0.2, 0.25) is 0 Å². The summed E-state index contributed by atoms with van der Waals surface area (Å²) in [5.74, 6) is -1.05. The number of imide groups is 1. The first-order chi connectivity index (χ1) is 19.8. The van der Waals surface area contributed by atoms with E-state index in [-0.39, 0.29) is 48.8 Å². The highest BCUT2D eigenvalue weighted by molar-refractivity contribution is 6.06. The molecule has 3 unspecified atom stereocenters. The maximum Gasteiger partial charge on any atom is 0.255 e. The Hall–Kier alpha value is -4.30. The Morgan fingerprint density at radius 2 is 1.46 bits per heavy atom. The lowest BCUT2D eigenvalue weighted by molar-refractivity contribution is -0.136. The van der Waals surface area contributed by atoms with Crippen molar-refractivity contribution in [1.29, 1.82) is 0 Å². The topological polar surface area (TPSA) is 90.0 Å². The number of nitrogens with zero attached hydrogens (tertiary/aromatic N) is 3. The number of rotatable bonds is 5. The van der Waals surface area contributed by atoms with Gasteiger partial charge in [-0.05, 0) is 55.2 Å². The molecule has 4 amide bonds. The molecule has 3 aromatic carbocycles. The zero-order chi connectivity index (χ0) is 28.7. The van der Waals surface area contributed by atoms with Crippen molar-refractivity contribution < 1.29 is 19.2 Å². The molecule has 8 nitrogen and oxygen atoms in total. The van der Waals surface area contributed by atoms with Crippen molar-refractivity contribution in [3.63, 3.8) is 0 Å². The van der Waals surface area contributed by atoms with E-state index >= 15 is 0 Å². The predicted molar refractivity (Wildman–Crippen MR) is 154 cm³/mol. The molecule has 0 aliphatic carbocycles. The Morgan fingerprint density at radius 1 is 0.854 bits per heavy atom. The van der Waals surface area contributed by atoms with Crippen LogP contribution < -0.4 is 5.32 Å². The molecule has 8 heteroatoms. The average Bonchev–Trinajstić information content (AvgIpc) is 3.30. The van der Waals surface area contributed by atoms with Gasteiger partial charge in [0, 0.05) is 49.3 Å². The first kappa shape index (κ1) is 26.9. The average molecular weight is 551 g/mol. The zero-order valence-corrected chi connectivity index (χ0v) is 23.3. The molecule has 210 valence electrons. The summed E-state index contributed by atoms with van der Waals surface area (Å²) in [5.41, 5.74) is 4.23. The molecule has 6 rings (SSSR count). The van der Waals surface area contributed by atoms with E-state index in [0.29, 0.717) is 30.6 Å². The maximum atomic E-state index is 13.8. The molecule has 3 atom stereocenters. The Bertz CT molecular complexity index is 1440. The summed E-state index contributed by atoms with van der Waals surface area (Å²) in [7, 11) is 0. The van der Waals surface area contributed by atoms with Gasteiger partial charge in [0.2, 0.25) is 11.8 Å². The van der Waals surface area contributed by atoms with Crippen LogP contribution in [0, 0.1) is 0 Å². The largest absolute Gasteiger partial charge is 0.336 e. The lowest BCUT2D eigenvalue weighted by Gasteiger charge is -2.48. The summed E-state index contributed by atoms with van der Waals surface area (Å²) >= 11 is 0. The molecule has 41 heavy (non-hydrogen) atoms. The lowest BCUT2D eigenvalue weighted by atomic mass is 9.92. The predicted octanol–water partition coefficient (Wildman–Crippen LogP) is 3.77. The molecular formula is C33H34N4O4. The Balaban J connectivity index is 1.20. The number of benzene rings is 3. The van der Waals surface area contributed by atoms with Gasteiger partial charge in [-0.3, -0.25) is 29.4 Å². The molecule has 0 radical (unpaired) electrons. The van der Waals surface area contributed by atoms with Gasteiger partial charge in [-0.1, -0.05) is 60.7 Å². The highest BCUT2D eigenvalue weighted by atomic mass is 16.2. The second-order valence-electron chi connectivity index (χ2n) is 11.4. The third-order valence-corrected chi connectivity index (χ3v) is 8.57. The van der Waals surface area contributed by atoms with E-state index < -0.39 is 11.9 Å². The minimum absolute atomic E-state index is 0.0611. The van der Waals surface area contributed by atoms with Gasteiger partial charge in [-0.15, -0.1) is 0 Å². The molecule has 1 N–H and O–H groups in total. The van der Waals surface area contributed by atoms with Gasteiger partial charge in [-0.25, -0.2) is 0 Å². The fraction of sp³-hybridized carbons (Fsp3) is 0.333. The number of hydrogen-bond acceptors (Lipinski definition) is 5. The van der Waals surface area contributed by atoms with E-state index in [2.05, 4.69) is 72.6 Å². The highest BCUT2D eigenvalue weighted by Crippen LogP contribution is 2.35. The SMILES string of the molecule is CC1CN(C(=O)c2ccc3c(c2)CN(C2CCC(=O)NC2=O)C3=O)CC(C)N1C(c1ccccc1)c1ccccc1. The van der Waals surface area contributed by atoms with Crippen LogP contribution in [0.4, 0.5) is 0 Å². The molecule has 2 saturated heterocycles. The minimum atomic E-state index is -0.677. The van der Waals surface area contributed by atoms with E-state index in [1.54, 1.807) is 18.2 Å². The molecule has 3 aromatic rings. The summed E-state index contributed by atoms with van der Waals surface area (Å²) < 4.78 is 0. The number of hydrogen-bond donors (Lipinski definition) is 1. The first-order valence-electron chi connectivity index (χ1n) is 14.3. The molecule has 3 aliphatic heterocycles. The number of amides is 4. The third kappa shape index (κ3) is 5.04. The number of piperidine rings is 1. The van der Waals surface area contributed by atoms with Crippen LogP contribution >= 0.6 is 0 Å². The smallest absolute Gasteiger partial charge is 0.255 e. The molecule has 0 saturated carbocycles. The van der Waals surface area contributed by atoms with Crippen LogP contribution in [0.15, 0.2) is 78.9 Å². The van der Waals surface area contributed by atoms with E-state index in [9.17, 15) is 19.2 Å². The number of nitrogens with one attached hydrogen (secondary N) is 1. The standard InChI is InChI=1S/C33H34N4O4/c1-21-18-35(19-22(2)37(21)30(23-9-5-3-6-10-23)24-11-7-4-8-12-24)32(40)25-13-14-27-26(17-25)20-36(33(27)41)28-15-16-29(38)34-31(28)39/h3-14,17,21-22,28,30H,15-16,18-20H2,1-2H3,(H,34,38,39). The van der Waals surface area contributed by atoms with E-state index in [0.717, 1.165) is 5.56 Å². The van der Waals surface area contributed by atoms with Gasteiger partial charge in [0.1, 0.15) is 6.04 Å². The fourth-order valence-corrected chi connectivity index (χ4v) is 6.71. The molecule has 0 bridgehead atoms. The summed E-state index contributed by atoms with van der Waals surface area (Å²) in [5, 5.41) is 2.33. The summed E-state index contributed by atoms with van der Waals surface area (Å²) in [6.45, 7) is 5.76. The van der Waals surface area contributed by atoms with Crippen LogP contribution in [-0.2, 0) is 16.1 Å². The van der Waals surface area contributed by atoms with Gasteiger partial charge in [0.15, 0.2) is 0 Å². The molecule has 3 aliphatic rings. The molecule has 3 heterocycles. The van der Waals surface area contributed by atoms with Crippen molar-refractivity contribution in [2.24, 2.45) is 0 Å². The first-order valence-corrected chi connectivity index (χ1v) is 14.3. The van der Waals surface area contributed by atoms with Crippen molar-refractivity contribution in [1.82, 2.24) is 20.0 Å². The van der Waals surface area contributed by atoms with Crippen LogP contribution in [0.25, 0.3) is 0 Å². The Kier molecular flexibility index (Phi) is 7.17. The fourth-order valence-electron chi connectivity index (χ4n) is 6.71. The number of carbonyl (C=O) groups is 4. The summed E-state index contributed by atoms with van der Waals surface area (Å²) in [6.07, 6.45) is 0.515.